The molecule has 0 aliphatic carbocycles. The summed E-state index contributed by atoms with van der Waals surface area (Å²) in [6, 6.07) is 4.15. The third-order valence-electron chi connectivity index (χ3n) is 10.2. The number of carbonyl (C=O) groups excluding carboxylic acids is 1. The number of rotatable bonds is 6. The van der Waals surface area contributed by atoms with Gasteiger partial charge >= 0.3 is 12.2 Å². The SMILES string of the molecule is CN(C)C(=O)c1nc2c(s1)CCN(c1nc(OC[C@@]34CCCN3C[C@H](F)C4)nc3c(F)c(-c4ccc(F)c5sc(N)c(C#N)c45)c(C(F)(F)F)cc13)C2. The molecule has 18 heteroatoms. The number of anilines is 2. The number of nitriles is 1. The van der Waals surface area contributed by atoms with Gasteiger partial charge < -0.3 is 20.3 Å². The molecule has 2 atom stereocenters. The molecule has 10 nitrogen and oxygen atoms in total. The molecule has 0 saturated carbocycles. The first-order chi connectivity index (χ1) is 25.2. The molecule has 2 saturated heterocycles. The zero-order chi connectivity index (χ0) is 37.6. The van der Waals surface area contributed by atoms with Crippen molar-refractivity contribution in [1.82, 2.24) is 24.8 Å². The van der Waals surface area contributed by atoms with Crippen LogP contribution in [0.25, 0.3) is 32.1 Å². The van der Waals surface area contributed by atoms with E-state index in [4.69, 9.17) is 10.5 Å². The fourth-order valence-corrected chi connectivity index (χ4v) is 9.83. The average Bonchev–Trinajstić information content (AvgIpc) is 3.87. The van der Waals surface area contributed by atoms with Crippen molar-refractivity contribution in [2.75, 3.05) is 51.0 Å². The molecule has 5 aromatic rings. The standard InChI is InChI=1S/C35H30F6N8O2S2/c1-47(2)32(50)31-44-22-14-48(9-6-23(22)52-31)30-18-10-20(35(39,40)41)25(17-4-5-21(37)28-24(17)19(12-42)29(43)53-28)26(38)27(18)45-33(46-30)51-15-34-7-3-8-49(34)13-16(36)11-34/h4-5,10,16H,3,6-9,11,13-15,43H2,1-2H3/t16-,34+/m1/s1. The lowest BCUT2D eigenvalue weighted by molar-refractivity contribution is -0.137. The molecule has 2 fully saturated rings. The Bertz CT molecular complexity index is 2370. The Labute approximate surface area is 306 Å². The number of aromatic nitrogens is 3. The monoisotopic (exact) mass is 772 g/mol. The zero-order valence-corrected chi connectivity index (χ0v) is 29.9. The summed E-state index contributed by atoms with van der Waals surface area (Å²) in [4.78, 5) is 31.9. The fourth-order valence-electron chi connectivity index (χ4n) is 7.80. The van der Waals surface area contributed by atoms with Gasteiger partial charge in [-0.1, -0.05) is 6.07 Å². The first kappa shape index (κ1) is 35.3. The van der Waals surface area contributed by atoms with Gasteiger partial charge in [-0.2, -0.15) is 28.4 Å². The molecule has 8 rings (SSSR count). The van der Waals surface area contributed by atoms with E-state index in [2.05, 4.69) is 15.0 Å². The molecule has 0 unspecified atom stereocenters. The van der Waals surface area contributed by atoms with Gasteiger partial charge in [0.1, 0.15) is 41.0 Å². The number of halogens is 6. The summed E-state index contributed by atoms with van der Waals surface area (Å²) in [5, 5.41) is 9.46. The Morgan fingerprint density at radius 2 is 1.98 bits per heavy atom. The summed E-state index contributed by atoms with van der Waals surface area (Å²) in [7, 11) is 3.19. The van der Waals surface area contributed by atoms with Crippen LogP contribution in [0.4, 0.5) is 37.2 Å². The van der Waals surface area contributed by atoms with Crippen molar-refractivity contribution in [3.05, 3.63) is 56.5 Å². The molecule has 3 aliphatic heterocycles. The second-order valence-electron chi connectivity index (χ2n) is 13.7. The maximum absolute atomic E-state index is 17.2. The summed E-state index contributed by atoms with van der Waals surface area (Å²) < 4.78 is 97.8. The van der Waals surface area contributed by atoms with Gasteiger partial charge in [0, 0.05) is 61.2 Å². The van der Waals surface area contributed by atoms with Crippen molar-refractivity contribution in [3.8, 4) is 23.2 Å². The van der Waals surface area contributed by atoms with E-state index >= 15 is 17.6 Å². The Balaban J connectivity index is 1.32. The summed E-state index contributed by atoms with van der Waals surface area (Å²) in [5.41, 5.74) is 2.36. The van der Waals surface area contributed by atoms with Crippen LogP contribution in [0.5, 0.6) is 6.01 Å². The van der Waals surface area contributed by atoms with E-state index in [1.54, 1.807) is 19.0 Å². The van der Waals surface area contributed by atoms with Crippen LogP contribution in [0.3, 0.4) is 0 Å². The molecule has 0 spiro atoms. The largest absolute Gasteiger partial charge is 0.461 e. The van der Waals surface area contributed by atoms with Crippen LogP contribution in [0.1, 0.15) is 50.8 Å². The Morgan fingerprint density at radius 3 is 2.72 bits per heavy atom. The van der Waals surface area contributed by atoms with Crippen molar-refractivity contribution < 1.29 is 35.9 Å². The zero-order valence-electron chi connectivity index (χ0n) is 28.3. The minimum absolute atomic E-state index is 0.0297. The highest BCUT2D eigenvalue weighted by atomic mass is 32.1. The highest BCUT2D eigenvalue weighted by Gasteiger charge is 2.49. The first-order valence-corrected chi connectivity index (χ1v) is 18.3. The highest BCUT2D eigenvalue weighted by molar-refractivity contribution is 7.23. The van der Waals surface area contributed by atoms with Gasteiger partial charge in [0.05, 0.1) is 33.6 Å². The number of hydrogen-bond donors (Lipinski definition) is 1. The minimum atomic E-state index is -5.13. The van der Waals surface area contributed by atoms with Crippen LogP contribution in [0.2, 0.25) is 0 Å². The van der Waals surface area contributed by atoms with Gasteiger partial charge in [-0.25, -0.2) is 18.2 Å². The first-order valence-electron chi connectivity index (χ1n) is 16.7. The van der Waals surface area contributed by atoms with Crippen molar-refractivity contribution in [2.45, 2.75) is 50.1 Å². The minimum Gasteiger partial charge on any atom is -0.461 e. The number of thiazole rings is 1. The number of nitrogens with two attached hydrogens (primary N) is 1. The number of thiophene rings is 1. The van der Waals surface area contributed by atoms with E-state index in [9.17, 15) is 18.8 Å². The highest BCUT2D eigenvalue weighted by Crippen LogP contribution is 2.48. The van der Waals surface area contributed by atoms with Gasteiger partial charge in [0.15, 0.2) is 10.8 Å². The van der Waals surface area contributed by atoms with E-state index in [-0.39, 0.29) is 87.0 Å². The summed E-state index contributed by atoms with van der Waals surface area (Å²) >= 11 is 1.91. The number of benzene rings is 2. The van der Waals surface area contributed by atoms with E-state index in [1.165, 1.54) is 16.2 Å². The predicted octanol–water partition coefficient (Wildman–Crippen LogP) is 6.94. The molecule has 0 radical (unpaired) electrons. The average molecular weight is 773 g/mol. The summed E-state index contributed by atoms with van der Waals surface area (Å²) in [5.74, 6) is -2.58. The number of amides is 1. The number of ether oxygens (including phenoxy) is 1. The molecule has 2 aromatic carbocycles. The molecule has 0 bridgehead atoms. The second kappa shape index (κ2) is 12.7. The maximum atomic E-state index is 17.2. The van der Waals surface area contributed by atoms with Gasteiger partial charge in [0.25, 0.3) is 5.91 Å². The lowest BCUT2D eigenvalue weighted by Gasteiger charge is -2.31. The van der Waals surface area contributed by atoms with Gasteiger partial charge in [0.2, 0.25) is 0 Å². The lowest BCUT2D eigenvalue weighted by Crippen LogP contribution is -2.43. The van der Waals surface area contributed by atoms with Crippen LogP contribution in [0, 0.1) is 23.0 Å². The maximum Gasteiger partial charge on any atom is 0.417 e. The Hall–Kier alpha value is -4.73. The topological polar surface area (TPSA) is 124 Å². The molecule has 2 N–H and O–H groups in total. The van der Waals surface area contributed by atoms with E-state index in [0.29, 0.717) is 36.4 Å². The van der Waals surface area contributed by atoms with Crippen LogP contribution < -0.4 is 15.4 Å². The van der Waals surface area contributed by atoms with Crippen LogP contribution in [-0.2, 0) is 19.1 Å². The molecule has 3 aromatic heterocycles. The molecule has 6 heterocycles. The number of nitrogens with zero attached hydrogens (tertiary/aromatic N) is 7. The fraction of sp³-hybridized carbons (Fsp3) is 0.400. The second-order valence-corrected chi connectivity index (χ2v) is 15.8. The van der Waals surface area contributed by atoms with Crippen molar-refractivity contribution in [1.29, 1.82) is 5.26 Å². The van der Waals surface area contributed by atoms with E-state index in [0.717, 1.165) is 29.5 Å². The Kier molecular flexibility index (Phi) is 8.46. The summed E-state index contributed by atoms with van der Waals surface area (Å²) in [6.45, 7) is 1.18. The lowest BCUT2D eigenvalue weighted by atomic mass is 9.92. The number of alkyl halides is 4. The van der Waals surface area contributed by atoms with Gasteiger partial charge in [-0.3, -0.25) is 9.69 Å². The normalized spacial score (nSPS) is 20.2. The number of carbonyl (C=O) groups is 1. The molecule has 1 amide bonds. The smallest absolute Gasteiger partial charge is 0.417 e. The molecule has 276 valence electrons. The van der Waals surface area contributed by atoms with Crippen LogP contribution in [-0.4, -0.2) is 82.7 Å². The van der Waals surface area contributed by atoms with E-state index in [1.807, 2.05) is 11.0 Å². The van der Waals surface area contributed by atoms with E-state index < -0.39 is 46.2 Å². The van der Waals surface area contributed by atoms with Crippen LogP contribution >= 0.6 is 22.7 Å². The number of hydrogen-bond acceptors (Lipinski definition) is 11. The van der Waals surface area contributed by atoms with Gasteiger partial charge in [-0.15, -0.1) is 22.7 Å². The number of nitrogen functional groups attached to an aromatic ring is 1. The van der Waals surface area contributed by atoms with Gasteiger partial charge in [-0.05, 0) is 37.1 Å². The third-order valence-corrected chi connectivity index (χ3v) is 12.4. The quantitative estimate of drug-likeness (QED) is 0.183. The predicted molar refractivity (Wildman–Crippen MR) is 188 cm³/mol. The number of fused-ring (bicyclic) bond motifs is 4. The Morgan fingerprint density at radius 1 is 1.19 bits per heavy atom. The molecule has 53 heavy (non-hydrogen) atoms. The van der Waals surface area contributed by atoms with Crippen molar-refractivity contribution in [3.63, 3.8) is 0 Å². The molecular formula is C35H30F6N8O2S2. The molecule has 3 aliphatic rings. The van der Waals surface area contributed by atoms with Crippen molar-refractivity contribution >= 4 is 60.4 Å². The van der Waals surface area contributed by atoms with Crippen LogP contribution in [0.15, 0.2) is 18.2 Å². The molecular weight excluding hydrogens is 743 g/mol. The van der Waals surface area contributed by atoms with Crippen molar-refractivity contribution in [2.24, 2.45) is 0 Å². The summed E-state index contributed by atoms with van der Waals surface area (Å²) in [6.07, 6.45) is -4.12. The third kappa shape index (κ3) is 5.80.